The Morgan fingerprint density at radius 2 is 2.03 bits per heavy atom. The maximum Gasteiger partial charge on any atom is 0.119 e. The molecule has 0 spiro atoms. The molecule has 0 radical (unpaired) electrons. The van der Waals surface area contributed by atoms with Crippen LogP contribution >= 0.6 is 11.6 Å². The van der Waals surface area contributed by atoms with Crippen LogP contribution in [0.1, 0.15) is 24.2 Å². The van der Waals surface area contributed by atoms with E-state index in [-0.39, 0.29) is 0 Å². The number of hydrogen-bond donors (Lipinski definition) is 1. The van der Waals surface area contributed by atoms with E-state index in [4.69, 9.17) is 26.1 Å². The number of benzene rings is 2. The molecule has 0 aliphatic carbocycles. The van der Waals surface area contributed by atoms with E-state index in [2.05, 4.69) is 35.0 Å². The Labute approximate surface area is 177 Å². The number of aryl methyl sites for hydroxylation is 2. The van der Waals surface area contributed by atoms with Crippen molar-refractivity contribution in [3.63, 3.8) is 0 Å². The molecule has 4 rings (SSSR count). The van der Waals surface area contributed by atoms with Gasteiger partial charge in [0.2, 0.25) is 0 Å². The van der Waals surface area contributed by atoms with Crippen LogP contribution in [0.15, 0.2) is 42.5 Å². The summed E-state index contributed by atoms with van der Waals surface area (Å²) in [7, 11) is 0. The Morgan fingerprint density at radius 3 is 2.83 bits per heavy atom. The van der Waals surface area contributed by atoms with Crippen LogP contribution in [0.3, 0.4) is 0 Å². The summed E-state index contributed by atoms with van der Waals surface area (Å²) in [5, 5.41) is 4.06. The van der Waals surface area contributed by atoms with Crippen molar-refractivity contribution in [2.75, 3.05) is 26.3 Å². The molecule has 5 nitrogen and oxygen atoms in total. The lowest BCUT2D eigenvalue weighted by Gasteiger charge is -2.13. The van der Waals surface area contributed by atoms with Crippen LogP contribution in [0, 0.1) is 6.92 Å². The lowest BCUT2D eigenvalue weighted by Crippen LogP contribution is -2.18. The normalized spacial score (nSPS) is 16.6. The van der Waals surface area contributed by atoms with Gasteiger partial charge >= 0.3 is 0 Å². The summed E-state index contributed by atoms with van der Waals surface area (Å²) in [6.07, 6.45) is 3.20. The Bertz CT molecular complexity index is 933. The van der Waals surface area contributed by atoms with Crippen molar-refractivity contribution in [3.05, 3.63) is 58.9 Å². The minimum atomic E-state index is 0.365. The van der Waals surface area contributed by atoms with Crippen molar-refractivity contribution in [1.82, 2.24) is 14.9 Å². The van der Waals surface area contributed by atoms with Crippen molar-refractivity contribution in [1.29, 1.82) is 0 Å². The van der Waals surface area contributed by atoms with Gasteiger partial charge in [0.25, 0.3) is 0 Å². The molecule has 1 atom stereocenters. The molecule has 0 bridgehead atoms. The molecule has 1 unspecified atom stereocenters. The zero-order chi connectivity index (χ0) is 20.1. The van der Waals surface area contributed by atoms with Gasteiger partial charge in [-0.15, -0.1) is 0 Å². The Balaban J connectivity index is 1.41. The molecule has 1 N–H and O–H groups in total. The number of nitrogens with one attached hydrogen (secondary N) is 1. The molecular formula is C23H28ClN3O2. The van der Waals surface area contributed by atoms with Gasteiger partial charge < -0.3 is 19.4 Å². The van der Waals surface area contributed by atoms with E-state index in [1.165, 1.54) is 11.1 Å². The largest absolute Gasteiger partial charge is 0.493 e. The molecule has 1 saturated heterocycles. The highest BCUT2D eigenvalue weighted by Gasteiger charge is 2.15. The van der Waals surface area contributed by atoms with Gasteiger partial charge in [-0.25, -0.2) is 4.98 Å². The molecule has 154 valence electrons. The third-order valence-electron chi connectivity index (χ3n) is 5.36. The highest BCUT2D eigenvalue weighted by Crippen LogP contribution is 2.21. The summed E-state index contributed by atoms with van der Waals surface area (Å²) in [6.45, 7) is 6.40. The summed E-state index contributed by atoms with van der Waals surface area (Å²) >= 11 is 5.94. The second kappa shape index (κ2) is 9.61. The van der Waals surface area contributed by atoms with Crippen LogP contribution in [-0.4, -0.2) is 42.0 Å². The van der Waals surface area contributed by atoms with E-state index in [0.29, 0.717) is 17.7 Å². The zero-order valence-corrected chi connectivity index (χ0v) is 17.6. The van der Waals surface area contributed by atoms with E-state index < -0.39 is 0 Å². The number of imidazole rings is 1. The summed E-state index contributed by atoms with van der Waals surface area (Å²) in [5.74, 6) is 1.89. The van der Waals surface area contributed by atoms with E-state index in [9.17, 15) is 0 Å². The average molecular weight is 414 g/mol. The van der Waals surface area contributed by atoms with Gasteiger partial charge in [0.15, 0.2) is 0 Å². The third-order valence-corrected chi connectivity index (χ3v) is 5.61. The van der Waals surface area contributed by atoms with Crippen molar-refractivity contribution >= 4 is 22.6 Å². The lowest BCUT2D eigenvalue weighted by molar-refractivity contribution is 0.0634. The molecule has 1 fully saturated rings. The highest BCUT2D eigenvalue weighted by atomic mass is 35.5. The molecule has 0 amide bonds. The first kappa shape index (κ1) is 20.2. The SMILES string of the molecule is Cc1cccc2c1nc(CCOc1ccc(Cl)cc1)n2CCCOC1CCNC1. The van der Waals surface area contributed by atoms with Crippen LogP contribution in [0.2, 0.25) is 5.02 Å². The van der Waals surface area contributed by atoms with Gasteiger partial charge in [-0.05, 0) is 62.2 Å². The number of rotatable bonds is 9. The van der Waals surface area contributed by atoms with E-state index >= 15 is 0 Å². The van der Waals surface area contributed by atoms with Crippen LogP contribution in [0.4, 0.5) is 0 Å². The predicted octanol–water partition coefficient (Wildman–Crippen LogP) is 4.39. The van der Waals surface area contributed by atoms with Crippen LogP contribution < -0.4 is 10.1 Å². The quantitative estimate of drug-likeness (QED) is 0.528. The Kier molecular flexibility index (Phi) is 6.70. The summed E-state index contributed by atoms with van der Waals surface area (Å²) in [4.78, 5) is 4.92. The first-order valence-electron chi connectivity index (χ1n) is 10.4. The van der Waals surface area contributed by atoms with Gasteiger partial charge in [0.05, 0.1) is 23.7 Å². The molecule has 1 aliphatic rings. The number of aromatic nitrogens is 2. The number of nitrogens with zero attached hydrogens (tertiary/aromatic N) is 2. The molecule has 1 aromatic heterocycles. The van der Waals surface area contributed by atoms with Gasteiger partial charge in [0, 0.05) is 31.1 Å². The number of para-hydroxylation sites is 1. The molecule has 1 aliphatic heterocycles. The van der Waals surface area contributed by atoms with Crippen molar-refractivity contribution in [2.45, 2.75) is 38.8 Å². The van der Waals surface area contributed by atoms with Crippen molar-refractivity contribution in [3.8, 4) is 5.75 Å². The molecule has 29 heavy (non-hydrogen) atoms. The number of hydrogen-bond acceptors (Lipinski definition) is 4. The predicted molar refractivity (Wildman–Crippen MR) is 117 cm³/mol. The average Bonchev–Trinajstić information content (AvgIpc) is 3.36. The maximum atomic E-state index is 5.99. The smallest absolute Gasteiger partial charge is 0.119 e. The molecule has 0 saturated carbocycles. The van der Waals surface area contributed by atoms with Gasteiger partial charge in [0.1, 0.15) is 11.6 Å². The summed E-state index contributed by atoms with van der Waals surface area (Å²) < 4.78 is 14.2. The summed E-state index contributed by atoms with van der Waals surface area (Å²) in [5.41, 5.74) is 3.47. The van der Waals surface area contributed by atoms with Crippen molar-refractivity contribution < 1.29 is 9.47 Å². The van der Waals surface area contributed by atoms with Gasteiger partial charge in [-0.2, -0.15) is 0 Å². The van der Waals surface area contributed by atoms with E-state index in [1.807, 2.05) is 24.3 Å². The van der Waals surface area contributed by atoms with Crippen LogP contribution in [0.25, 0.3) is 11.0 Å². The number of fused-ring (bicyclic) bond motifs is 1. The van der Waals surface area contributed by atoms with Gasteiger partial charge in [-0.3, -0.25) is 0 Å². The first-order chi connectivity index (χ1) is 14.2. The standard InChI is InChI=1S/C23H28ClN3O2/c1-17-4-2-5-21-23(17)26-22(11-15-29-19-8-6-18(24)7-9-19)27(21)13-3-14-28-20-10-12-25-16-20/h2,4-9,20,25H,3,10-16H2,1H3. The molecule has 2 heterocycles. The number of halogens is 1. The number of ether oxygens (including phenoxy) is 2. The molecule has 3 aromatic rings. The van der Waals surface area contributed by atoms with E-state index in [1.54, 1.807) is 0 Å². The molecule has 2 aromatic carbocycles. The highest BCUT2D eigenvalue weighted by molar-refractivity contribution is 6.30. The summed E-state index contributed by atoms with van der Waals surface area (Å²) in [6, 6.07) is 13.8. The Morgan fingerprint density at radius 1 is 1.17 bits per heavy atom. The molecular weight excluding hydrogens is 386 g/mol. The van der Waals surface area contributed by atoms with Gasteiger partial charge in [-0.1, -0.05) is 23.7 Å². The van der Waals surface area contributed by atoms with E-state index in [0.717, 1.165) is 62.6 Å². The lowest BCUT2D eigenvalue weighted by atomic mass is 10.2. The maximum absolute atomic E-state index is 5.99. The fourth-order valence-electron chi connectivity index (χ4n) is 3.81. The fourth-order valence-corrected chi connectivity index (χ4v) is 3.94. The van der Waals surface area contributed by atoms with Crippen molar-refractivity contribution in [2.24, 2.45) is 0 Å². The van der Waals surface area contributed by atoms with Crippen LogP contribution in [-0.2, 0) is 17.7 Å². The third kappa shape index (κ3) is 5.10. The fraction of sp³-hybridized carbons (Fsp3) is 0.435. The minimum Gasteiger partial charge on any atom is -0.493 e. The van der Waals surface area contributed by atoms with Crippen LogP contribution in [0.5, 0.6) is 5.75 Å². The minimum absolute atomic E-state index is 0.365. The second-order valence-corrected chi connectivity index (χ2v) is 7.95. The Hall–Kier alpha value is -2.08. The second-order valence-electron chi connectivity index (χ2n) is 7.51. The monoisotopic (exact) mass is 413 g/mol. The topological polar surface area (TPSA) is 48.3 Å². The zero-order valence-electron chi connectivity index (χ0n) is 16.9. The first-order valence-corrected chi connectivity index (χ1v) is 10.7. The molecule has 6 heteroatoms.